The molecule has 0 aliphatic carbocycles. The highest BCUT2D eigenvalue weighted by atomic mass is 16.7. The van der Waals surface area contributed by atoms with Gasteiger partial charge in [-0.2, -0.15) is 9.97 Å². The molecule has 2 fully saturated rings. The number of imidazole rings is 2. The fourth-order valence-electron chi connectivity index (χ4n) is 4.77. The van der Waals surface area contributed by atoms with Crippen molar-refractivity contribution in [1.82, 2.24) is 38.8 Å². The van der Waals surface area contributed by atoms with E-state index in [2.05, 4.69) is 24.9 Å². The topological polar surface area (TPSA) is 297 Å². The number of nitrogens with one attached hydrogen (secondary N) is 1. The summed E-state index contributed by atoms with van der Waals surface area (Å²) in [4.78, 5) is 49.0. The third-order valence-electron chi connectivity index (χ3n) is 6.80. The predicted molar refractivity (Wildman–Crippen MR) is 129 cm³/mol. The summed E-state index contributed by atoms with van der Waals surface area (Å²) in [6.45, 7) is -1.04. The molecule has 20 heteroatoms. The molecule has 0 aromatic carbocycles. The predicted octanol–water partition coefficient (Wildman–Crippen LogP) is -5.45. The van der Waals surface area contributed by atoms with Crippen LogP contribution >= 0.6 is 0 Å². The lowest BCUT2D eigenvalue weighted by Crippen LogP contribution is -2.39. The summed E-state index contributed by atoms with van der Waals surface area (Å²) in [5, 5.41) is 50.9. The lowest BCUT2D eigenvalue weighted by atomic mass is 10.1. The third kappa shape index (κ3) is 3.89. The van der Waals surface area contributed by atoms with Crippen molar-refractivity contribution >= 4 is 34.2 Å². The van der Waals surface area contributed by atoms with Crippen LogP contribution in [0.3, 0.4) is 0 Å². The molecule has 0 amide bonds. The van der Waals surface area contributed by atoms with Crippen LogP contribution in [0.15, 0.2) is 22.2 Å². The van der Waals surface area contributed by atoms with Crippen molar-refractivity contribution in [1.29, 1.82) is 0 Å². The van der Waals surface area contributed by atoms with Gasteiger partial charge in [-0.1, -0.05) is 0 Å². The fraction of sp³-hybridized carbons (Fsp3) is 0.500. The number of H-pyrrole nitrogens is 1. The van der Waals surface area contributed by atoms with Crippen molar-refractivity contribution in [3.63, 3.8) is 0 Å². The summed E-state index contributed by atoms with van der Waals surface area (Å²) < 4.78 is 14.2. The summed E-state index contributed by atoms with van der Waals surface area (Å²) in [6, 6.07) is 0. The van der Waals surface area contributed by atoms with Crippen LogP contribution in [0.1, 0.15) is 12.5 Å². The Balaban J connectivity index is 1.23. The van der Waals surface area contributed by atoms with Gasteiger partial charge in [0.1, 0.15) is 43.2 Å². The maximum absolute atomic E-state index is 13.1. The van der Waals surface area contributed by atoms with Gasteiger partial charge in [-0.3, -0.25) is 23.7 Å². The maximum Gasteiger partial charge on any atom is 0.316 e. The molecule has 2 aliphatic rings. The first-order valence-corrected chi connectivity index (χ1v) is 11.9. The minimum atomic E-state index is -1.50. The van der Waals surface area contributed by atoms with E-state index < -0.39 is 79.4 Å². The first-order chi connectivity index (χ1) is 19.1. The van der Waals surface area contributed by atoms with Gasteiger partial charge in [-0.15, -0.1) is 4.73 Å². The number of nitrogens with zero attached hydrogens (tertiary/aromatic N) is 7. The summed E-state index contributed by atoms with van der Waals surface area (Å²) >= 11 is 0. The Morgan fingerprint density at radius 3 is 2.08 bits per heavy atom. The van der Waals surface area contributed by atoms with Crippen LogP contribution in [0.25, 0.3) is 22.3 Å². The minimum absolute atomic E-state index is 0.0129. The van der Waals surface area contributed by atoms with Gasteiger partial charge in [0.15, 0.2) is 34.8 Å². The highest BCUT2D eigenvalue weighted by Gasteiger charge is 2.46. The molecule has 0 bridgehead atoms. The summed E-state index contributed by atoms with van der Waals surface area (Å²) in [6.07, 6.45) is -8.19. The average Bonchev–Trinajstić information content (AvgIpc) is 3.66. The average molecular weight is 564 g/mol. The van der Waals surface area contributed by atoms with Crippen molar-refractivity contribution in [2.45, 2.75) is 49.1 Å². The molecule has 0 spiro atoms. The molecule has 4 aromatic rings. The number of nitrogen functional groups attached to an aromatic ring is 2. The Morgan fingerprint density at radius 2 is 1.45 bits per heavy atom. The van der Waals surface area contributed by atoms with Gasteiger partial charge in [0.05, 0.1) is 19.3 Å². The van der Waals surface area contributed by atoms with Crippen LogP contribution in [0, 0.1) is 0 Å². The zero-order valence-electron chi connectivity index (χ0n) is 20.3. The van der Waals surface area contributed by atoms with E-state index in [0.717, 1.165) is 6.33 Å². The van der Waals surface area contributed by atoms with Crippen molar-refractivity contribution < 1.29 is 39.8 Å². The number of hydrogen-bond donors (Lipinski definition) is 8. The van der Waals surface area contributed by atoms with E-state index in [1.54, 1.807) is 0 Å². The van der Waals surface area contributed by atoms with Crippen LogP contribution in [-0.2, 0) is 9.47 Å². The quantitative estimate of drug-likeness (QED) is 0.108. The first kappa shape index (κ1) is 26.1. The highest BCUT2D eigenvalue weighted by Crippen LogP contribution is 2.32. The van der Waals surface area contributed by atoms with Crippen LogP contribution < -0.4 is 27.4 Å². The zero-order valence-corrected chi connectivity index (χ0v) is 20.3. The number of anilines is 2. The molecule has 4 aromatic heterocycles. The molecule has 10 N–H and O–H groups in total. The molecule has 2 saturated heterocycles. The number of aliphatic hydroxyl groups is 5. The van der Waals surface area contributed by atoms with E-state index in [9.17, 15) is 35.1 Å². The lowest BCUT2D eigenvalue weighted by molar-refractivity contribution is -0.0680. The molecule has 6 rings (SSSR count). The Hall–Kier alpha value is -4.18. The van der Waals surface area contributed by atoms with Crippen LogP contribution in [0.4, 0.5) is 11.9 Å². The van der Waals surface area contributed by atoms with Crippen LogP contribution in [0.5, 0.6) is 0 Å². The van der Waals surface area contributed by atoms with E-state index in [1.165, 1.54) is 15.5 Å². The Kier molecular flexibility index (Phi) is 6.18. The second kappa shape index (κ2) is 9.48. The van der Waals surface area contributed by atoms with Crippen molar-refractivity contribution in [3.05, 3.63) is 33.4 Å². The number of fused-ring (bicyclic) bond motifs is 2. The van der Waals surface area contributed by atoms with E-state index in [0.29, 0.717) is 4.73 Å². The highest BCUT2D eigenvalue weighted by molar-refractivity contribution is 5.71. The van der Waals surface area contributed by atoms with Crippen LogP contribution in [-0.4, -0.2) is 114 Å². The van der Waals surface area contributed by atoms with E-state index in [1.807, 2.05) is 0 Å². The molecule has 0 radical (unpaired) electrons. The molecule has 8 atom stereocenters. The second-order valence-corrected chi connectivity index (χ2v) is 9.24. The van der Waals surface area contributed by atoms with Crippen molar-refractivity contribution in [2.24, 2.45) is 0 Å². The minimum Gasteiger partial charge on any atom is -0.404 e. The molecule has 6 heterocycles. The molecule has 20 nitrogen and oxygen atoms in total. The lowest BCUT2D eigenvalue weighted by Gasteiger charge is -2.18. The van der Waals surface area contributed by atoms with Gasteiger partial charge < -0.3 is 51.3 Å². The Bertz CT molecular complexity index is 1700. The van der Waals surface area contributed by atoms with Crippen molar-refractivity contribution in [2.75, 3.05) is 24.7 Å². The van der Waals surface area contributed by atoms with Gasteiger partial charge in [-0.25, -0.2) is 9.97 Å². The van der Waals surface area contributed by atoms with Gasteiger partial charge >= 0.3 is 5.56 Å². The second-order valence-electron chi connectivity index (χ2n) is 9.24. The van der Waals surface area contributed by atoms with E-state index in [-0.39, 0.29) is 28.3 Å². The zero-order chi connectivity index (χ0) is 28.5. The fourth-order valence-corrected chi connectivity index (χ4v) is 4.77. The SMILES string of the molecule is Nc1nc2c(ncn2[C@@H]2O[C@H](COn3c(N)nc4c(ncn4[C@@H]4O[C@H](CO)[C@@H](O)[C@H]4O)c3=O)[C@@H](O)[C@H]2O)c(=O)[nH]1. The summed E-state index contributed by atoms with van der Waals surface area (Å²) in [5.41, 5.74) is 9.74. The number of rotatable bonds is 6. The van der Waals surface area contributed by atoms with Gasteiger partial charge in [-0.05, 0) is 0 Å². The van der Waals surface area contributed by atoms with Crippen LogP contribution in [0.2, 0.25) is 0 Å². The Morgan fingerprint density at radius 1 is 0.875 bits per heavy atom. The van der Waals surface area contributed by atoms with E-state index in [4.69, 9.17) is 25.8 Å². The standard InChI is InChI=1S/C20H24N10O10/c21-19-25-13-7(15(36)27-19)23-3-28(13)18-12(35)10(33)6(40-18)2-38-30-16(37)8-14(26-20(30)22)29(4-24-8)17-11(34)9(32)5(1-31)39-17/h3-6,9-12,17-18,31-35H,1-2H2,(H2,22,26)(H3,21,25,27,36)/t5-,6-,9-,10-,11-,12-,17-,18-/m1/s1. The van der Waals surface area contributed by atoms with Gasteiger partial charge in [0.2, 0.25) is 11.9 Å². The molecule has 214 valence electrons. The van der Waals surface area contributed by atoms with Gasteiger partial charge in [0.25, 0.3) is 5.56 Å². The number of nitrogens with two attached hydrogens (primary N) is 2. The first-order valence-electron chi connectivity index (χ1n) is 11.9. The smallest absolute Gasteiger partial charge is 0.316 e. The largest absolute Gasteiger partial charge is 0.404 e. The monoisotopic (exact) mass is 564 g/mol. The Labute approximate surface area is 220 Å². The third-order valence-corrected chi connectivity index (χ3v) is 6.80. The number of aromatic nitrogens is 8. The van der Waals surface area contributed by atoms with E-state index >= 15 is 0 Å². The number of aliphatic hydroxyl groups excluding tert-OH is 5. The van der Waals surface area contributed by atoms with Crippen molar-refractivity contribution in [3.8, 4) is 0 Å². The molecule has 0 saturated carbocycles. The molecule has 0 unspecified atom stereocenters. The number of hydrogen-bond acceptors (Lipinski definition) is 16. The molecule has 40 heavy (non-hydrogen) atoms. The summed E-state index contributed by atoms with van der Waals surface area (Å²) in [7, 11) is 0. The number of aromatic amines is 1. The molecule has 2 aliphatic heterocycles. The molecular weight excluding hydrogens is 540 g/mol. The number of ether oxygens (including phenoxy) is 2. The maximum atomic E-state index is 13.1. The summed E-state index contributed by atoms with van der Waals surface area (Å²) in [5.74, 6) is -0.624. The van der Waals surface area contributed by atoms with Gasteiger partial charge in [0, 0.05) is 0 Å². The molecular formula is C20H24N10O10. The normalized spacial score (nSPS) is 30.5.